The van der Waals surface area contributed by atoms with E-state index in [1.807, 2.05) is 13.8 Å². The number of carbonyl (C=O) groups is 2. The van der Waals surface area contributed by atoms with Gasteiger partial charge in [-0.25, -0.2) is 0 Å². The Kier molecular flexibility index (Phi) is 6.87. The molecule has 1 saturated heterocycles. The first kappa shape index (κ1) is 24.4. The van der Waals surface area contributed by atoms with Crippen LogP contribution in [0, 0.1) is 0 Å². The smallest absolute Gasteiger partial charge is 0.377 e. The van der Waals surface area contributed by atoms with Gasteiger partial charge in [0, 0.05) is 36.5 Å². The van der Waals surface area contributed by atoms with Crippen molar-refractivity contribution in [2.75, 3.05) is 26.3 Å². The number of benzene rings is 1. The molecule has 4 rings (SSSR count). The van der Waals surface area contributed by atoms with Crippen molar-refractivity contribution < 1.29 is 32.0 Å². The second-order valence-corrected chi connectivity index (χ2v) is 8.19. The van der Waals surface area contributed by atoms with Gasteiger partial charge in [-0.1, -0.05) is 17.3 Å². The van der Waals surface area contributed by atoms with E-state index in [0.717, 1.165) is 0 Å². The Balaban J connectivity index is 1.40. The summed E-state index contributed by atoms with van der Waals surface area (Å²) in [4.78, 5) is 30.8. The van der Waals surface area contributed by atoms with Crippen LogP contribution in [0.5, 0.6) is 0 Å². The average molecular weight is 492 g/mol. The zero-order valence-corrected chi connectivity index (χ0v) is 19.0. The van der Waals surface area contributed by atoms with Crippen molar-refractivity contribution in [3.8, 4) is 11.4 Å². The summed E-state index contributed by atoms with van der Waals surface area (Å²) in [6, 6.07) is 7.02. The number of hydrogen-bond donors (Lipinski definition) is 1. The van der Waals surface area contributed by atoms with Gasteiger partial charge in [0.1, 0.15) is 5.69 Å². The third-order valence-corrected chi connectivity index (χ3v) is 5.44. The van der Waals surface area contributed by atoms with Gasteiger partial charge in [0.25, 0.3) is 11.8 Å². The zero-order valence-electron chi connectivity index (χ0n) is 19.0. The monoisotopic (exact) mass is 492 g/mol. The Morgan fingerprint density at radius 3 is 2.60 bits per heavy atom. The highest BCUT2D eigenvalue weighted by Gasteiger charge is 2.38. The first-order valence-electron chi connectivity index (χ1n) is 10.9. The lowest BCUT2D eigenvalue weighted by Crippen LogP contribution is -2.53. The molecule has 3 aromatic rings. The first-order valence-corrected chi connectivity index (χ1v) is 10.9. The van der Waals surface area contributed by atoms with Gasteiger partial charge in [-0.2, -0.15) is 23.3 Å². The van der Waals surface area contributed by atoms with E-state index in [9.17, 15) is 22.8 Å². The molecule has 2 amide bonds. The van der Waals surface area contributed by atoms with Gasteiger partial charge in [-0.3, -0.25) is 14.3 Å². The fourth-order valence-corrected chi connectivity index (χ4v) is 3.67. The van der Waals surface area contributed by atoms with Gasteiger partial charge in [0.05, 0.1) is 19.3 Å². The Morgan fingerprint density at radius 1 is 1.20 bits per heavy atom. The van der Waals surface area contributed by atoms with Crippen LogP contribution in [0.15, 0.2) is 41.1 Å². The lowest BCUT2D eigenvalue weighted by Gasteiger charge is -2.35. The molecular formula is C22H23F3N6O4. The second-order valence-electron chi connectivity index (χ2n) is 8.19. The fraction of sp³-hybridized carbons (Fsp3) is 0.409. The number of carbonyl (C=O) groups excluding carboxylic acids is 2. The van der Waals surface area contributed by atoms with Crippen LogP contribution in [-0.2, 0) is 10.9 Å². The minimum absolute atomic E-state index is 0.0126. The number of rotatable bonds is 6. The Labute approximate surface area is 198 Å². The lowest BCUT2D eigenvalue weighted by molar-refractivity contribution is -0.159. The van der Waals surface area contributed by atoms with E-state index in [1.54, 1.807) is 21.8 Å². The Hall–Kier alpha value is -3.74. The van der Waals surface area contributed by atoms with E-state index in [0.29, 0.717) is 18.8 Å². The number of nitrogens with one attached hydrogen (secondary N) is 1. The van der Waals surface area contributed by atoms with E-state index < -0.39 is 18.0 Å². The maximum Gasteiger partial charge on any atom is 0.471 e. The zero-order chi connectivity index (χ0) is 25.2. The Bertz CT molecular complexity index is 1190. The van der Waals surface area contributed by atoms with Crippen LogP contribution in [-0.4, -0.2) is 69.0 Å². The second kappa shape index (κ2) is 9.86. The van der Waals surface area contributed by atoms with Crippen molar-refractivity contribution in [2.24, 2.45) is 0 Å². The highest BCUT2D eigenvalue weighted by molar-refractivity contribution is 5.95. The van der Waals surface area contributed by atoms with Crippen molar-refractivity contribution in [1.29, 1.82) is 0 Å². The molecule has 1 aliphatic rings. The highest BCUT2D eigenvalue weighted by atomic mass is 19.4. The van der Waals surface area contributed by atoms with Gasteiger partial charge in [-0.05, 0) is 32.0 Å². The first-order chi connectivity index (χ1) is 16.6. The van der Waals surface area contributed by atoms with Crippen LogP contribution < -0.4 is 5.32 Å². The summed E-state index contributed by atoms with van der Waals surface area (Å²) in [5.41, 5.74) is 1.00. The van der Waals surface area contributed by atoms with E-state index >= 15 is 0 Å². The maximum absolute atomic E-state index is 13.2. The van der Waals surface area contributed by atoms with Crippen LogP contribution in [0.3, 0.4) is 0 Å². The third kappa shape index (κ3) is 5.34. The van der Waals surface area contributed by atoms with Crippen molar-refractivity contribution in [1.82, 2.24) is 30.1 Å². The summed E-state index contributed by atoms with van der Waals surface area (Å²) < 4.78 is 49.3. The highest BCUT2D eigenvalue weighted by Crippen LogP contribution is 2.29. The van der Waals surface area contributed by atoms with E-state index in [1.165, 1.54) is 24.3 Å². The summed E-state index contributed by atoms with van der Waals surface area (Å²) >= 11 is 0. The predicted molar refractivity (Wildman–Crippen MR) is 115 cm³/mol. The SMILES string of the molecule is CC(C)n1nccc1C(=O)N1CCOC[C@@H]1CNC(=O)c1ccc(-c2noc(C(F)(F)F)n2)cc1. The number of nitrogens with zero attached hydrogens (tertiary/aromatic N) is 5. The van der Waals surface area contributed by atoms with Crippen LogP contribution in [0.1, 0.15) is 46.6 Å². The molecule has 0 radical (unpaired) electrons. The fourth-order valence-electron chi connectivity index (χ4n) is 3.67. The van der Waals surface area contributed by atoms with Gasteiger partial charge in [0.15, 0.2) is 0 Å². The number of ether oxygens (including phenoxy) is 1. The number of amides is 2. The molecule has 1 fully saturated rings. The van der Waals surface area contributed by atoms with E-state index in [-0.39, 0.29) is 48.1 Å². The molecule has 3 heterocycles. The Morgan fingerprint density at radius 2 is 1.94 bits per heavy atom. The minimum Gasteiger partial charge on any atom is -0.377 e. The molecule has 1 atom stereocenters. The molecule has 13 heteroatoms. The minimum atomic E-state index is -4.74. The number of morpholine rings is 1. The predicted octanol–water partition coefficient (Wildman–Crippen LogP) is 2.80. The van der Waals surface area contributed by atoms with Gasteiger partial charge in [-0.15, -0.1) is 0 Å². The lowest BCUT2D eigenvalue weighted by atomic mass is 10.1. The summed E-state index contributed by atoms with van der Waals surface area (Å²) in [6.45, 7) is 5.05. The maximum atomic E-state index is 13.2. The molecule has 10 nitrogen and oxygen atoms in total. The number of aromatic nitrogens is 4. The van der Waals surface area contributed by atoms with E-state index in [2.05, 4.69) is 25.1 Å². The van der Waals surface area contributed by atoms with Crippen molar-refractivity contribution in [2.45, 2.75) is 32.1 Å². The molecule has 0 saturated carbocycles. The molecule has 1 aromatic carbocycles. The summed E-state index contributed by atoms with van der Waals surface area (Å²) in [6.07, 6.45) is -3.16. The number of halogens is 3. The van der Waals surface area contributed by atoms with Crippen molar-refractivity contribution >= 4 is 11.8 Å². The molecule has 35 heavy (non-hydrogen) atoms. The van der Waals surface area contributed by atoms with Crippen molar-refractivity contribution in [3.05, 3.63) is 53.7 Å². The van der Waals surface area contributed by atoms with Gasteiger partial charge in [0.2, 0.25) is 5.82 Å². The molecule has 0 bridgehead atoms. The van der Waals surface area contributed by atoms with Crippen LogP contribution in [0.2, 0.25) is 0 Å². The molecule has 0 spiro atoms. The molecule has 1 aliphatic heterocycles. The van der Waals surface area contributed by atoms with Gasteiger partial charge >= 0.3 is 12.1 Å². The number of hydrogen-bond acceptors (Lipinski definition) is 7. The number of alkyl halides is 3. The van der Waals surface area contributed by atoms with Crippen molar-refractivity contribution in [3.63, 3.8) is 0 Å². The molecule has 186 valence electrons. The van der Waals surface area contributed by atoms with E-state index in [4.69, 9.17) is 4.74 Å². The third-order valence-electron chi connectivity index (χ3n) is 5.44. The van der Waals surface area contributed by atoms with Crippen LogP contribution in [0.4, 0.5) is 13.2 Å². The topological polar surface area (TPSA) is 115 Å². The molecule has 2 aromatic heterocycles. The van der Waals surface area contributed by atoms with Crippen LogP contribution in [0.25, 0.3) is 11.4 Å². The molecule has 1 N–H and O–H groups in total. The summed E-state index contributed by atoms with van der Waals surface area (Å²) in [7, 11) is 0. The quantitative estimate of drug-likeness (QED) is 0.563. The van der Waals surface area contributed by atoms with Crippen LogP contribution >= 0.6 is 0 Å². The standard InChI is InChI=1S/C22H23F3N6O4/c1-13(2)31-17(7-8-27-31)20(33)30-9-10-34-12-16(30)11-26-19(32)15-5-3-14(4-6-15)18-28-21(35-29-18)22(23,24)25/h3-8,13,16H,9-12H2,1-2H3,(H,26,32)/t16-/m0/s1. The average Bonchev–Trinajstić information content (AvgIpc) is 3.53. The molecule has 0 unspecified atom stereocenters. The summed E-state index contributed by atoms with van der Waals surface area (Å²) in [5.74, 6) is -2.29. The molecular weight excluding hydrogens is 469 g/mol. The largest absolute Gasteiger partial charge is 0.471 e. The molecule has 0 aliphatic carbocycles. The van der Waals surface area contributed by atoms with Gasteiger partial charge < -0.3 is 19.5 Å². The summed E-state index contributed by atoms with van der Waals surface area (Å²) in [5, 5.41) is 10.3. The normalized spacial score (nSPS) is 16.5.